The van der Waals surface area contributed by atoms with Gasteiger partial charge in [-0.2, -0.15) is 0 Å². The third-order valence-corrected chi connectivity index (χ3v) is 6.89. The van der Waals surface area contributed by atoms with E-state index in [1.165, 1.54) is 23.1 Å². The van der Waals surface area contributed by atoms with Crippen molar-refractivity contribution in [1.82, 2.24) is 14.5 Å². The maximum Gasteiger partial charge on any atom is 0.269 e. The first-order valence-corrected chi connectivity index (χ1v) is 11.5. The Morgan fingerprint density at radius 1 is 1.06 bits per heavy atom. The van der Waals surface area contributed by atoms with Crippen molar-refractivity contribution >= 4 is 27.7 Å². The van der Waals surface area contributed by atoms with E-state index in [2.05, 4.69) is 5.32 Å². The molecule has 2 aromatic carbocycles. The monoisotopic (exact) mass is 443 g/mol. The van der Waals surface area contributed by atoms with Gasteiger partial charge in [0.15, 0.2) is 0 Å². The molecule has 0 saturated heterocycles. The molecule has 1 atom stereocenters. The van der Waals surface area contributed by atoms with Crippen molar-refractivity contribution in [2.24, 2.45) is 0 Å². The van der Waals surface area contributed by atoms with Gasteiger partial charge in [0.25, 0.3) is 15.9 Å². The van der Waals surface area contributed by atoms with Crippen molar-refractivity contribution < 1.29 is 22.8 Å². The number of hydrogen-bond acceptors (Lipinski definition) is 5. The molecule has 9 heteroatoms. The number of hydrogen-bond donors (Lipinski definition) is 1. The fourth-order valence-corrected chi connectivity index (χ4v) is 4.88. The summed E-state index contributed by atoms with van der Waals surface area (Å²) in [6, 6.07) is 14.1. The summed E-state index contributed by atoms with van der Waals surface area (Å²) >= 11 is 0. The number of nitrogens with one attached hydrogen (secondary N) is 1. The fourth-order valence-electron chi connectivity index (χ4n) is 3.36. The second-order valence-corrected chi connectivity index (χ2v) is 9.12. The van der Waals surface area contributed by atoms with Gasteiger partial charge in [-0.15, -0.1) is 0 Å². The van der Waals surface area contributed by atoms with Gasteiger partial charge in [-0.25, -0.2) is 12.7 Å². The van der Waals surface area contributed by atoms with Crippen LogP contribution in [-0.4, -0.2) is 54.5 Å². The SMILES string of the molecule is CCCNC(=O)[C@@H](C)N(Cc1ccccc1)C(=O)CN1C(=O)c2ccccc2S1(=O)=O. The third kappa shape index (κ3) is 4.61. The lowest BCUT2D eigenvalue weighted by Crippen LogP contribution is -2.51. The molecule has 0 bridgehead atoms. The van der Waals surface area contributed by atoms with Crippen molar-refractivity contribution in [1.29, 1.82) is 0 Å². The minimum Gasteiger partial charge on any atom is -0.354 e. The van der Waals surface area contributed by atoms with E-state index in [0.29, 0.717) is 10.8 Å². The normalized spacial score (nSPS) is 15.3. The number of amides is 3. The molecule has 0 aromatic heterocycles. The molecule has 1 aliphatic heterocycles. The van der Waals surface area contributed by atoms with E-state index in [1.807, 2.05) is 37.3 Å². The van der Waals surface area contributed by atoms with Crippen LogP contribution in [0.4, 0.5) is 0 Å². The van der Waals surface area contributed by atoms with Gasteiger partial charge in [0, 0.05) is 13.1 Å². The van der Waals surface area contributed by atoms with Gasteiger partial charge in [-0.1, -0.05) is 49.4 Å². The molecule has 3 amide bonds. The molecule has 31 heavy (non-hydrogen) atoms. The molecule has 2 aromatic rings. The van der Waals surface area contributed by atoms with Crippen molar-refractivity contribution in [3.63, 3.8) is 0 Å². The number of carbonyl (C=O) groups excluding carboxylic acids is 3. The largest absolute Gasteiger partial charge is 0.354 e. The summed E-state index contributed by atoms with van der Waals surface area (Å²) in [6.07, 6.45) is 0.740. The summed E-state index contributed by atoms with van der Waals surface area (Å²) < 4.78 is 26.2. The maximum absolute atomic E-state index is 13.2. The number of sulfonamides is 1. The van der Waals surface area contributed by atoms with Crippen LogP contribution in [0, 0.1) is 0 Å². The number of nitrogens with zero attached hydrogens (tertiary/aromatic N) is 2. The highest BCUT2D eigenvalue weighted by atomic mass is 32.2. The molecule has 3 rings (SSSR count). The summed E-state index contributed by atoms with van der Waals surface area (Å²) in [5, 5.41) is 2.75. The summed E-state index contributed by atoms with van der Waals surface area (Å²) in [5.41, 5.74) is 0.823. The molecular weight excluding hydrogens is 418 g/mol. The van der Waals surface area contributed by atoms with E-state index in [-0.39, 0.29) is 22.9 Å². The van der Waals surface area contributed by atoms with E-state index in [4.69, 9.17) is 0 Å². The molecule has 1 N–H and O–H groups in total. The van der Waals surface area contributed by atoms with E-state index in [1.54, 1.807) is 13.0 Å². The first kappa shape index (κ1) is 22.5. The average Bonchev–Trinajstić information content (AvgIpc) is 2.96. The molecule has 1 aliphatic rings. The van der Waals surface area contributed by atoms with Gasteiger partial charge in [-0.3, -0.25) is 14.4 Å². The van der Waals surface area contributed by atoms with Crippen LogP contribution in [0.2, 0.25) is 0 Å². The Hall–Kier alpha value is -3.20. The lowest BCUT2D eigenvalue weighted by atomic mass is 10.1. The number of fused-ring (bicyclic) bond motifs is 1. The predicted octanol–water partition coefficient (Wildman–Crippen LogP) is 1.77. The van der Waals surface area contributed by atoms with Gasteiger partial charge in [0.05, 0.1) is 5.56 Å². The first-order valence-electron chi connectivity index (χ1n) is 10.0. The average molecular weight is 444 g/mol. The van der Waals surface area contributed by atoms with Crippen molar-refractivity contribution in [3.8, 4) is 0 Å². The second-order valence-electron chi connectivity index (χ2n) is 7.29. The lowest BCUT2D eigenvalue weighted by molar-refractivity contribution is -0.140. The van der Waals surface area contributed by atoms with Gasteiger partial charge in [0.1, 0.15) is 17.5 Å². The van der Waals surface area contributed by atoms with E-state index < -0.39 is 34.4 Å². The van der Waals surface area contributed by atoms with Crippen LogP contribution in [0.3, 0.4) is 0 Å². The highest BCUT2D eigenvalue weighted by Gasteiger charge is 2.43. The molecule has 0 spiro atoms. The fraction of sp³-hybridized carbons (Fsp3) is 0.318. The van der Waals surface area contributed by atoms with Crippen LogP contribution < -0.4 is 5.32 Å². The van der Waals surface area contributed by atoms with Crippen molar-refractivity contribution in [2.45, 2.75) is 37.8 Å². The Morgan fingerprint density at radius 2 is 1.71 bits per heavy atom. The quantitative estimate of drug-likeness (QED) is 0.670. The molecule has 0 unspecified atom stereocenters. The van der Waals surface area contributed by atoms with Crippen LogP contribution in [-0.2, 0) is 26.2 Å². The molecule has 0 saturated carbocycles. The van der Waals surface area contributed by atoms with E-state index in [9.17, 15) is 22.8 Å². The Bertz CT molecular complexity index is 1090. The van der Waals surface area contributed by atoms with Crippen LogP contribution in [0.1, 0.15) is 36.2 Å². The van der Waals surface area contributed by atoms with Gasteiger partial charge < -0.3 is 10.2 Å². The molecule has 1 heterocycles. The molecule has 0 fully saturated rings. The summed E-state index contributed by atoms with van der Waals surface area (Å²) in [4.78, 5) is 39.6. The Kier molecular flexibility index (Phi) is 6.74. The zero-order valence-electron chi connectivity index (χ0n) is 17.4. The van der Waals surface area contributed by atoms with Crippen LogP contribution >= 0.6 is 0 Å². The van der Waals surface area contributed by atoms with E-state index >= 15 is 0 Å². The molecular formula is C22H25N3O5S. The van der Waals surface area contributed by atoms with Crippen LogP contribution in [0.5, 0.6) is 0 Å². The lowest BCUT2D eigenvalue weighted by Gasteiger charge is -2.30. The van der Waals surface area contributed by atoms with Gasteiger partial charge in [-0.05, 0) is 31.0 Å². The number of rotatable bonds is 8. The van der Waals surface area contributed by atoms with Crippen molar-refractivity contribution in [3.05, 3.63) is 65.7 Å². The van der Waals surface area contributed by atoms with E-state index in [0.717, 1.165) is 12.0 Å². The topological polar surface area (TPSA) is 104 Å². The third-order valence-electron chi connectivity index (χ3n) is 5.10. The number of benzene rings is 2. The maximum atomic E-state index is 13.2. The molecule has 164 valence electrons. The Balaban J connectivity index is 1.86. The minimum atomic E-state index is -4.12. The predicted molar refractivity (Wildman–Crippen MR) is 114 cm³/mol. The molecule has 8 nitrogen and oxygen atoms in total. The highest BCUT2D eigenvalue weighted by molar-refractivity contribution is 7.90. The Morgan fingerprint density at radius 3 is 2.35 bits per heavy atom. The van der Waals surface area contributed by atoms with Gasteiger partial charge >= 0.3 is 0 Å². The van der Waals surface area contributed by atoms with Gasteiger partial charge in [0.2, 0.25) is 11.8 Å². The van der Waals surface area contributed by atoms with Crippen LogP contribution in [0.15, 0.2) is 59.5 Å². The molecule has 0 radical (unpaired) electrons. The Labute approximate surface area is 181 Å². The molecule has 0 aliphatic carbocycles. The number of carbonyl (C=O) groups is 3. The minimum absolute atomic E-state index is 0.0404. The first-order chi connectivity index (χ1) is 14.8. The zero-order chi connectivity index (χ0) is 22.6. The smallest absolute Gasteiger partial charge is 0.269 e. The zero-order valence-corrected chi connectivity index (χ0v) is 18.3. The second kappa shape index (κ2) is 9.30. The van der Waals surface area contributed by atoms with Crippen LogP contribution in [0.25, 0.3) is 0 Å². The summed E-state index contributed by atoms with van der Waals surface area (Å²) in [6.45, 7) is 3.40. The summed E-state index contributed by atoms with van der Waals surface area (Å²) in [7, 11) is -4.12. The highest BCUT2D eigenvalue weighted by Crippen LogP contribution is 2.30. The summed E-state index contributed by atoms with van der Waals surface area (Å²) in [5.74, 6) is -1.72. The standard InChI is InChI=1S/C22H25N3O5S/c1-3-13-23-21(27)16(2)24(14-17-9-5-4-6-10-17)20(26)15-25-22(28)18-11-7-8-12-19(18)31(25,29)30/h4-12,16H,3,13-15H2,1-2H3,(H,23,27)/t16-/m1/s1. The van der Waals surface area contributed by atoms with Crippen molar-refractivity contribution in [2.75, 3.05) is 13.1 Å².